The number of aliphatic hydroxyl groups excluding tert-OH is 1. The summed E-state index contributed by atoms with van der Waals surface area (Å²) in [6, 6.07) is 0. The first-order chi connectivity index (χ1) is 7.83. The Morgan fingerprint density at radius 2 is 1.81 bits per heavy atom. The molecule has 96 valence electrons. The molecule has 1 saturated heterocycles. The van der Waals surface area contributed by atoms with Crippen LogP contribution >= 0.6 is 0 Å². The Bertz CT molecular complexity index is 158. The van der Waals surface area contributed by atoms with Crippen molar-refractivity contribution in [3.63, 3.8) is 0 Å². The Labute approximate surface area is 99.8 Å². The fraction of sp³-hybridized carbons (Fsp3) is 1.00. The van der Waals surface area contributed by atoms with Crippen molar-refractivity contribution >= 4 is 0 Å². The molecule has 0 unspecified atom stereocenters. The van der Waals surface area contributed by atoms with Gasteiger partial charge >= 0.3 is 0 Å². The molecule has 0 spiro atoms. The van der Waals surface area contributed by atoms with Gasteiger partial charge in [-0.2, -0.15) is 0 Å². The van der Waals surface area contributed by atoms with E-state index in [4.69, 9.17) is 9.84 Å². The van der Waals surface area contributed by atoms with Crippen LogP contribution in [0, 0.1) is 5.92 Å². The summed E-state index contributed by atoms with van der Waals surface area (Å²) in [7, 11) is 2.22. The van der Waals surface area contributed by atoms with E-state index < -0.39 is 0 Å². The fourth-order valence-electron chi connectivity index (χ4n) is 2.31. The second-order valence-electron chi connectivity index (χ2n) is 4.96. The molecule has 0 atom stereocenters. The number of ether oxygens (including phenoxy) is 1. The van der Waals surface area contributed by atoms with Crippen LogP contribution in [0.4, 0.5) is 0 Å². The normalized spacial score (nSPS) is 18.2. The SMILES string of the molecule is CN(CCCCCCO)CC1CCOCC1. The number of hydrogen-bond acceptors (Lipinski definition) is 3. The van der Waals surface area contributed by atoms with Crippen LogP contribution in [0.5, 0.6) is 0 Å². The molecule has 0 amide bonds. The van der Waals surface area contributed by atoms with E-state index in [0.29, 0.717) is 6.61 Å². The molecule has 0 saturated carbocycles. The summed E-state index contributed by atoms with van der Waals surface area (Å²) in [6.45, 7) is 4.67. The average molecular weight is 229 g/mol. The van der Waals surface area contributed by atoms with Crippen molar-refractivity contribution in [1.29, 1.82) is 0 Å². The lowest BCUT2D eigenvalue weighted by molar-refractivity contribution is 0.0555. The number of unbranched alkanes of at least 4 members (excludes halogenated alkanes) is 3. The van der Waals surface area contributed by atoms with Gasteiger partial charge in [0.25, 0.3) is 0 Å². The summed E-state index contributed by atoms with van der Waals surface area (Å²) in [6.07, 6.45) is 7.10. The van der Waals surface area contributed by atoms with E-state index >= 15 is 0 Å². The van der Waals surface area contributed by atoms with E-state index in [0.717, 1.165) is 25.6 Å². The summed E-state index contributed by atoms with van der Waals surface area (Å²) in [5.74, 6) is 0.844. The lowest BCUT2D eigenvalue weighted by Gasteiger charge is -2.27. The van der Waals surface area contributed by atoms with Crippen molar-refractivity contribution in [2.75, 3.05) is 40.0 Å². The minimum atomic E-state index is 0.345. The second-order valence-corrected chi connectivity index (χ2v) is 4.96. The lowest BCUT2D eigenvalue weighted by Crippen LogP contribution is -2.30. The van der Waals surface area contributed by atoms with Gasteiger partial charge in [0.05, 0.1) is 0 Å². The molecule has 0 radical (unpaired) electrons. The summed E-state index contributed by atoms with van der Waals surface area (Å²) in [5, 5.41) is 8.67. The molecule has 1 aliphatic rings. The Morgan fingerprint density at radius 1 is 1.12 bits per heavy atom. The predicted octanol–water partition coefficient (Wildman–Crippen LogP) is 1.90. The Balaban J connectivity index is 1.95. The molecule has 0 aromatic rings. The van der Waals surface area contributed by atoms with Gasteiger partial charge in [-0.3, -0.25) is 0 Å². The highest BCUT2D eigenvalue weighted by Gasteiger charge is 2.15. The topological polar surface area (TPSA) is 32.7 Å². The van der Waals surface area contributed by atoms with Gasteiger partial charge in [-0.1, -0.05) is 12.8 Å². The molecule has 3 heteroatoms. The van der Waals surface area contributed by atoms with Gasteiger partial charge in [-0.15, -0.1) is 0 Å². The van der Waals surface area contributed by atoms with Crippen LogP contribution in [0.15, 0.2) is 0 Å². The fourth-order valence-corrected chi connectivity index (χ4v) is 2.31. The molecule has 0 aliphatic carbocycles. The zero-order valence-electron chi connectivity index (χ0n) is 10.7. The number of aliphatic hydroxyl groups is 1. The highest BCUT2D eigenvalue weighted by atomic mass is 16.5. The van der Waals surface area contributed by atoms with Crippen LogP contribution in [0.25, 0.3) is 0 Å². The first-order valence-corrected chi connectivity index (χ1v) is 6.70. The van der Waals surface area contributed by atoms with E-state index in [1.54, 1.807) is 0 Å². The average Bonchev–Trinajstić information content (AvgIpc) is 2.30. The summed E-state index contributed by atoms with van der Waals surface area (Å²) in [4.78, 5) is 2.45. The van der Waals surface area contributed by atoms with E-state index in [-0.39, 0.29) is 0 Å². The van der Waals surface area contributed by atoms with E-state index in [1.165, 1.54) is 45.2 Å². The van der Waals surface area contributed by atoms with Crippen molar-refractivity contribution in [2.45, 2.75) is 38.5 Å². The minimum absolute atomic E-state index is 0.345. The maximum absolute atomic E-state index is 8.67. The molecular formula is C13H27NO2. The summed E-state index contributed by atoms with van der Waals surface area (Å²) in [5.41, 5.74) is 0. The molecule has 1 rings (SSSR count). The van der Waals surface area contributed by atoms with Crippen molar-refractivity contribution in [1.82, 2.24) is 4.90 Å². The zero-order valence-corrected chi connectivity index (χ0v) is 10.7. The van der Waals surface area contributed by atoms with Crippen LogP contribution in [-0.2, 0) is 4.74 Å². The van der Waals surface area contributed by atoms with Gasteiger partial charge in [0, 0.05) is 26.4 Å². The predicted molar refractivity (Wildman–Crippen MR) is 66.6 cm³/mol. The third-order valence-corrected chi connectivity index (χ3v) is 3.36. The molecule has 1 heterocycles. The first kappa shape index (κ1) is 13.9. The minimum Gasteiger partial charge on any atom is -0.396 e. The van der Waals surface area contributed by atoms with Crippen LogP contribution in [0.3, 0.4) is 0 Å². The van der Waals surface area contributed by atoms with Crippen LogP contribution in [0.2, 0.25) is 0 Å². The number of hydrogen-bond donors (Lipinski definition) is 1. The third-order valence-electron chi connectivity index (χ3n) is 3.36. The quantitative estimate of drug-likeness (QED) is 0.645. The maximum atomic E-state index is 8.67. The van der Waals surface area contributed by atoms with Gasteiger partial charge < -0.3 is 14.7 Å². The molecule has 0 bridgehead atoms. The molecule has 0 aromatic carbocycles. The van der Waals surface area contributed by atoms with Gasteiger partial charge in [-0.25, -0.2) is 0 Å². The smallest absolute Gasteiger partial charge is 0.0469 e. The number of rotatable bonds is 8. The van der Waals surface area contributed by atoms with Gasteiger partial charge in [0.1, 0.15) is 0 Å². The standard InChI is InChI=1S/C13H27NO2/c1-14(8-4-2-3-5-9-15)12-13-6-10-16-11-7-13/h13,15H,2-12H2,1H3. The van der Waals surface area contributed by atoms with Gasteiger partial charge in [-0.05, 0) is 45.2 Å². The molecule has 1 aliphatic heterocycles. The molecule has 3 nitrogen and oxygen atoms in total. The first-order valence-electron chi connectivity index (χ1n) is 6.70. The Morgan fingerprint density at radius 3 is 2.50 bits per heavy atom. The summed E-state index contributed by atoms with van der Waals surface area (Å²) < 4.78 is 5.36. The highest BCUT2D eigenvalue weighted by molar-refractivity contribution is 4.67. The largest absolute Gasteiger partial charge is 0.396 e. The molecule has 1 fully saturated rings. The van der Waals surface area contributed by atoms with Gasteiger partial charge in [0.15, 0.2) is 0 Å². The number of nitrogens with zero attached hydrogens (tertiary/aromatic N) is 1. The lowest BCUT2D eigenvalue weighted by atomic mass is 10.00. The van der Waals surface area contributed by atoms with E-state index in [1.807, 2.05) is 0 Å². The van der Waals surface area contributed by atoms with Gasteiger partial charge in [0.2, 0.25) is 0 Å². The molecular weight excluding hydrogens is 202 g/mol. The Kier molecular flexibility index (Phi) is 7.81. The van der Waals surface area contributed by atoms with Crippen molar-refractivity contribution < 1.29 is 9.84 Å². The Hall–Kier alpha value is -0.120. The monoisotopic (exact) mass is 229 g/mol. The van der Waals surface area contributed by atoms with Crippen molar-refractivity contribution in [3.05, 3.63) is 0 Å². The van der Waals surface area contributed by atoms with Crippen molar-refractivity contribution in [3.8, 4) is 0 Å². The van der Waals surface area contributed by atoms with E-state index in [2.05, 4.69) is 11.9 Å². The summed E-state index contributed by atoms with van der Waals surface area (Å²) >= 11 is 0. The highest BCUT2D eigenvalue weighted by Crippen LogP contribution is 2.15. The second kappa shape index (κ2) is 8.97. The van der Waals surface area contributed by atoms with Crippen LogP contribution in [-0.4, -0.2) is 50.0 Å². The van der Waals surface area contributed by atoms with E-state index in [9.17, 15) is 0 Å². The zero-order chi connectivity index (χ0) is 11.6. The molecule has 0 aromatic heterocycles. The molecule has 1 N–H and O–H groups in total. The molecule has 16 heavy (non-hydrogen) atoms. The maximum Gasteiger partial charge on any atom is 0.0469 e. The van der Waals surface area contributed by atoms with Crippen molar-refractivity contribution in [2.24, 2.45) is 5.92 Å². The van der Waals surface area contributed by atoms with Crippen LogP contribution in [0.1, 0.15) is 38.5 Å². The third kappa shape index (κ3) is 6.46. The van der Waals surface area contributed by atoms with Crippen LogP contribution < -0.4 is 0 Å².